The summed E-state index contributed by atoms with van der Waals surface area (Å²) in [4.78, 5) is 0. The Kier molecular flexibility index (Phi) is 2.52. The van der Waals surface area contributed by atoms with Gasteiger partial charge in [0.2, 0.25) is 0 Å². The fourth-order valence-corrected chi connectivity index (χ4v) is 2.27. The van der Waals surface area contributed by atoms with Gasteiger partial charge in [-0.3, -0.25) is 0 Å². The monoisotopic (exact) mass is 411 g/mol. The SMILES string of the molecule is IC1=C2CCC(=C1)C2.[Ir]. The van der Waals surface area contributed by atoms with Gasteiger partial charge in [0, 0.05) is 23.7 Å². The number of hydrogen-bond donors (Lipinski definition) is 0. The largest absolute Gasteiger partial charge is 0.0647 e. The molecule has 0 heterocycles. The topological polar surface area (TPSA) is 0 Å². The molecule has 0 saturated heterocycles. The molecule has 2 heteroatoms. The molecule has 2 aliphatic rings. The molecule has 0 aromatic carbocycles. The van der Waals surface area contributed by atoms with E-state index in [1.165, 1.54) is 22.8 Å². The maximum atomic E-state index is 2.43. The van der Waals surface area contributed by atoms with Crippen molar-refractivity contribution in [2.45, 2.75) is 19.3 Å². The van der Waals surface area contributed by atoms with E-state index in [-0.39, 0.29) is 20.1 Å². The summed E-state index contributed by atoms with van der Waals surface area (Å²) in [6, 6.07) is 0. The van der Waals surface area contributed by atoms with Gasteiger partial charge in [-0.05, 0) is 47.9 Å². The molecule has 0 spiro atoms. The van der Waals surface area contributed by atoms with Crippen LogP contribution in [0, 0.1) is 0 Å². The normalized spacial score (nSPS) is 22.1. The Morgan fingerprint density at radius 3 is 2.33 bits per heavy atom. The summed E-state index contributed by atoms with van der Waals surface area (Å²) >= 11 is 2.43. The van der Waals surface area contributed by atoms with Gasteiger partial charge in [-0.1, -0.05) is 11.1 Å². The minimum atomic E-state index is 0. The van der Waals surface area contributed by atoms with Crippen molar-refractivity contribution in [1.82, 2.24) is 0 Å². The van der Waals surface area contributed by atoms with E-state index in [0.29, 0.717) is 0 Å². The van der Waals surface area contributed by atoms with Crippen LogP contribution in [0.4, 0.5) is 0 Å². The van der Waals surface area contributed by atoms with Crippen molar-refractivity contribution in [3.05, 3.63) is 20.8 Å². The van der Waals surface area contributed by atoms with E-state index >= 15 is 0 Å². The van der Waals surface area contributed by atoms with E-state index in [1.54, 1.807) is 11.1 Å². The molecule has 0 atom stereocenters. The molecule has 2 aliphatic carbocycles. The van der Waals surface area contributed by atoms with Crippen LogP contribution in [-0.2, 0) is 20.1 Å². The maximum absolute atomic E-state index is 2.43. The van der Waals surface area contributed by atoms with Crippen LogP contribution in [0.25, 0.3) is 0 Å². The van der Waals surface area contributed by atoms with Crippen molar-refractivity contribution in [1.29, 1.82) is 0 Å². The van der Waals surface area contributed by atoms with E-state index in [0.717, 1.165) is 0 Å². The Morgan fingerprint density at radius 1 is 1.33 bits per heavy atom. The first kappa shape index (κ1) is 7.96. The Balaban J connectivity index is 0.000000405. The quantitative estimate of drug-likeness (QED) is 0.539. The molecule has 1 saturated carbocycles. The summed E-state index contributed by atoms with van der Waals surface area (Å²) in [5.41, 5.74) is 3.34. The Labute approximate surface area is 82.3 Å². The summed E-state index contributed by atoms with van der Waals surface area (Å²) in [5, 5.41) is 0. The molecule has 0 amide bonds. The van der Waals surface area contributed by atoms with Crippen molar-refractivity contribution < 1.29 is 20.1 Å². The fraction of sp³-hybridized carbons (Fsp3) is 0.429. The molecule has 2 bridgehead atoms. The molecule has 0 aliphatic heterocycles. The number of hydrogen-bond acceptors (Lipinski definition) is 0. The summed E-state index contributed by atoms with van der Waals surface area (Å²) in [5.74, 6) is 0. The van der Waals surface area contributed by atoms with Gasteiger partial charge in [0.05, 0.1) is 0 Å². The Morgan fingerprint density at radius 2 is 2.11 bits per heavy atom. The summed E-state index contributed by atoms with van der Waals surface area (Å²) < 4.78 is 1.52. The average molecular weight is 410 g/mol. The second-order valence-corrected chi connectivity index (χ2v) is 3.59. The zero-order chi connectivity index (χ0) is 5.56. The van der Waals surface area contributed by atoms with Gasteiger partial charge in [-0.2, -0.15) is 0 Å². The predicted molar refractivity (Wildman–Crippen MR) is 43.0 cm³/mol. The first-order valence-electron chi connectivity index (χ1n) is 2.93. The van der Waals surface area contributed by atoms with Gasteiger partial charge >= 0.3 is 0 Å². The van der Waals surface area contributed by atoms with Crippen molar-refractivity contribution in [2.24, 2.45) is 0 Å². The molecular formula is C7H7IIr. The first-order chi connectivity index (χ1) is 3.86. The molecule has 1 fully saturated rings. The molecule has 9 heavy (non-hydrogen) atoms. The molecule has 1 radical (unpaired) electrons. The molecule has 0 aromatic heterocycles. The molecule has 0 unspecified atom stereocenters. The van der Waals surface area contributed by atoms with E-state index in [2.05, 4.69) is 28.7 Å². The van der Waals surface area contributed by atoms with Crippen LogP contribution in [0.3, 0.4) is 0 Å². The van der Waals surface area contributed by atoms with Crippen LogP contribution < -0.4 is 0 Å². The first-order valence-corrected chi connectivity index (χ1v) is 4.01. The van der Waals surface area contributed by atoms with Crippen LogP contribution in [-0.4, -0.2) is 0 Å². The third-order valence-corrected chi connectivity index (χ3v) is 2.93. The fourth-order valence-electron chi connectivity index (χ4n) is 1.37. The van der Waals surface area contributed by atoms with E-state index in [1.807, 2.05) is 0 Å². The predicted octanol–water partition coefficient (Wildman–Crippen LogP) is 2.80. The molecule has 0 nitrogen and oxygen atoms in total. The zero-order valence-electron chi connectivity index (χ0n) is 4.91. The van der Waals surface area contributed by atoms with Gasteiger partial charge in [0.15, 0.2) is 0 Å². The van der Waals surface area contributed by atoms with E-state index in [4.69, 9.17) is 0 Å². The summed E-state index contributed by atoms with van der Waals surface area (Å²) in [6.45, 7) is 0. The van der Waals surface area contributed by atoms with Crippen LogP contribution in [0.1, 0.15) is 19.3 Å². The van der Waals surface area contributed by atoms with E-state index < -0.39 is 0 Å². The number of fused-ring (bicyclic) bond motifs is 2. The van der Waals surface area contributed by atoms with Crippen molar-refractivity contribution in [3.63, 3.8) is 0 Å². The average Bonchev–Trinajstić information content (AvgIpc) is 2.23. The van der Waals surface area contributed by atoms with Gasteiger partial charge in [0.25, 0.3) is 0 Å². The zero-order valence-corrected chi connectivity index (χ0v) is 9.46. The van der Waals surface area contributed by atoms with Crippen molar-refractivity contribution in [3.8, 4) is 0 Å². The molecule has 0 aromatic rings. The summed E-state index contributed by atoms with van der Waals surface area (Å²) in [6.07, 6.45) is 6.34. The standard InChI is InChI=1S/C7H7I.Ir/c8-7-4-5-1-2-6(7)3-5;/h4H,1-3H2;. The number of halogens is 1. The maximum Gasteiger partial charge on any atom is 0.0125 e. The van der Waals surface area contributed by atoms with Crippen molar-refractivity contribution in [2.75, 3.05) is 0 Å². The second-order valence-electron chi connectivity index (χ2n) is 2.43. The van der Waals surface area contributed by atoms with Crippen LogP contribution in [0.15, 0.2) is 20.8 Å². The third kappa shape index (κ3) is 1.31. The minimum Gasteiger partial charge on any atom is -0.0647 e. The van der Waals surface area contributed by atoms with Crippen LogP contribution in [0.2, 0.25) is 0 Å². The number of rotatable bonds is 0. The second kappa shape index (κ2) is 2.85. The molecular weight excluding hydrogens is 403 g/mol. The summed E-state index contributed by atoms with van der Waals surface area (Å²) in [7, 11) is 0. The van der Waals surface area contributed by atoms with Gasteiger partial charge < -0.3 is 0 Å². The van der Waals surface area contributed by atoms with Crippen molar-refractivity contribution >= 4 is 22.6 Å². The van der Waals surface area contributed by atoms with E-state index in [9.17, 15) is 0 Å². The van der Waals surface area contributed by atoms with Crippen LogP contribution >= 0.6 is 22.6 Å². The van der Waals surface area contributed by atoms with Gasteiger partial charge in [-0.25, -0.2) is 0 Å². The third-order valence-electron chi connectivity index (χ3n) is 1.86. The Bertz CT molecular complexity index is 191. The number of allylic oxidation sites excluding steroid dienone is 4. The molecule has 51 valence electrons. The van der Waals surface area contributed by atoms with Gasteiger partial charge in [-0.15, -0.1) is 0 Å². The smallest absolute Gasteiger partial charge is 0.0125 e. The molecule has 2 rings (SSSR count). The van der Waals surface area contributed by atoms with Gasteiger partial charge in [0.1, 0.15) is 0 Å². The molecule has 0 N–H and O–H groups in total. The minimum absolute atomic E-state index is 0. The Hall–Kier alpha value is 0.859. The van der Waals surface area contributed by atoms with Crippen LogP contribution in [0.5, 0.6) is 0 Å².